The number of hydrogen-bond donors (Lipinski definition) is 2. The third-order valence-corrected chi connectivity index (χ3v) is 4.25. The summed E-state index contributed by atoms with van der Waals surface area (Å²) in [4.78, 5) is 23.4. The van der Waals surface area contributed by atoms with Crippen molar-refractivity contribution >= 4 is 23.2 Å². The third-order valence-electron chi connectivity index (χ3n) is 4.25. The predicted molar refractivity (Wildman–Crippen MR) is 100 cm³/mol. The van der Waals surface area contributed by atoms with Crippen LogP contribution in [0.3, 0.4) is 0 Å². The minimum atomic E-state index is -0.222. The fourth-order valence-electron chi connectivity index (χ4n) is 2.76. The van der Waals surface area contributed by atoms with Crippen molar-refractivity contribution in [3.8, 4) is 11.4 Å². The molecule has 8 heteroatoms. The molecule has 0 spiro atoms. The van der Waals surface area contributed by atoms with Crippen molar-refractivity contribution in [2.24, 2.45) is 0 Å². The van der Waals surface area contributed by atoms with E-state index >= 15 is 0 Å². The van der Waals surface area contributed by atoms with Gasteiger partial charge >= 0.3 is 0 Å². The summed E-state index contributed by atoms with van der Waals surface area (Å²) < 4.78 is 1.85. The normalized spacial score (nSPS) is 13.2. The molecule has 4 rings (SSSR count). The average Bonchev–Trinajstić information content (AvgIpc) is 3.39. The van der Waals surface area contributed by atoms with Crippen LogP contribution in [-0.2, 0) is 4.79 Å². The van der Waals surface area contributed by atoms with E-state index < -0.39 is 0 Å². The van der Waals surface area contributed by atoms with Crippen molar-refractivity contribution in [2.75, 3.05) is 10.6 Å². The molecule has 27 heavy (non-hydrogen) atoms. The first kappa shape index (κ1) is 16.9. The van der Waals surface area contributed by atoms with E-state index in [1.54, 1.807) is 24.3 Å². The van der Waals surface area contributed by atoms with Crippen molar-refractivity contribution in [3.63, 3.8) is 0 Å². The lowest BCUT2D eigenvalue weighted by Crippen LogP contribution is -2.12. The number of nitrogens with zero attached hydrogens (tertiary/aromatic N) is 4. The molecule has 0 bridgehead atoms. The fraction of sp³-hybridized carbons (Fsp3) is 0.211. The van der Waals surface area contributed by atoms with Crippen LogP contribution in [0.1, 0.15) is 36.2 Å². The van der Waals surface area contributed by atoms with Gasteiger partial charge in [-0.1, -0.05) is 0 Å². The van der Waals surface area contributed by atoms with E-state index in [1.165, 1.54) is 6.92 Å². The zero-order valence-corrected chi connectivity index (χ0v) is 14.7. The van der Waals surface area contributed by atoms with Gasteiger partial charge in [-0.05, 0) is 71.8 Å². The van der Waals surface area contributed by atoms with Crippen LogP contribution in [0.2, 0.25) is 0 Å². The number of carbonyl (C=O) groups excluding carboxylic acids is 2. The molecule has 0 atom stereocenters. The van der Waals surface area contributed by atoms with Gasteiger partial charge in [-0.3, -0.25) is 9.59 Å². The van der Waals surface area contributed by atoms with Crippen molar-refractivity contribution < 1.29 is 9.59 Å². The van der Waals surface area contributed by atoms with E-state index in [4.69, 9.17) is 0 Å². The van der Waals surface area contributed by atoms with Crippen molar-refractivity contribution in [2.45, 2.75) is 25.8 Å². The molecular weight excluding hydrogens is 344 g/mol. The molecule has 1 fully saturated rings. The first-order valence-electron chi connectivity index (χ1n) is 8.67. The highest BCUT2D eigenvalue weighted by Gasteiger charge is 2.28. The second-order valence-electron chi connectivity index (χ2n) is 6.47. The van der Waals surface area contributed by atoms with Crippen LogP contribution in [0.4, 0.5) is 11.4 Å². The van der Waals surface area contributed by atoms with Gasteiger partial charge in [0, 0.05) is 29.4 Å². The number of carbonyl (C=O) groups is 2. The van der Waals surface area contributed by atoms with Crippen LogP contribution in [0.15, 0.2) is 48.5 Å². The molecule has 0 saturated heterocycles. The molecule has 1 saturated carbocycles. The molecule has 1 aliphatic carbocycles. The smallest absolute Gasteiger partial charge is 0.255 e. The molecule has 136 valence electrons. The van der Waals surface area contributed by atoms with E-state index in [2.05, 4.69) is 26.2 Å². The first-order valence-corrected chi connectivity index (χ1v) is 8.67. The Morgan fingerprint density at radius 1 is 0.963 bits per heavy atom. The Hall–Kier alpha value is -3.55. The molecular formula is C19H18N6O2. The van der Waals surface area contributed by atoms with Gasteiger partial charge < -0.3 is 10.6 Å². The Morgan fingerprint density at radius 2 is 1.59 bits per heavy atom. The maximum atomic E-state index is 12.4. The number of tetrazole rings is 1. The minimum Gasteiger partial charge on any atom is -0.326 e. The van der Waals surface area contributed by atoms with Gasteiger partial charge in [0.1, 0.15) is 0 Å². The highest BCUT2D eigenvalue weighted by Crippen LogP contribution is 2.36. The predicted octanol–water partition coefficient (Wildman–Crippen LogP) is 2.89. The summed E-state index contributed by atoms with van der Waals surface area (Å²) in [6.07, 6.45) is 2.21. The maximum absolute atomic E-state index is 12.4. The van der Waals surface area contributed by atoms with Gasteiger partial charge in [0.25, 0.3) is 5.91 Å². The summed E-state index contributed by atoms with van der Waals surface area (Å²) in [5.74, 6) is 0.365. The molecule has 0 aliphatic heterocycles. The number of nitrogens with one attached hydrogen (secondary N) is 2. The summed E-state index contributed by atoms with van der Waals surface area (Å²) in [5, 5.41) is 17.4. The number of rotatable bonds is 5. The summed E-state index contributed by atoms with van der Waals surface area (Å²) in [6.45, 7) is 1.44. The van der Waals surface area contributed by atoms with Gasteiger partial charge in [-0.2, -0.15) is 0 Å². The monoisotopic (exact) mass is 362 g/mol. The van der Waals surface area contributed by atoms with E-state index in [1.807, 2.05) is 28.9 Å². The maximum Gasteiger partial charge on any atom is 0.255 e. The Balaban J connectivity index is 1.44. The molecule has 2 N–H and O–H groups in total. The SMILES string of the molecule is CC(=O)Nc1ccc(C(=O)Nc2ccc(-c3nnnn3C3CC3)cc2)cc1. The lowest BCUT2D eigenvalue weighted by Gasteiger charge is -2.08. The van der Waals surface area contributed by atoms with E-state index in [0.29, 0.717) is 23.0 Å². The second-order valence-corrected chi connectivity index (χ2v) is 6.47. The minimum absolute atomic E-state index is 0.153. The number of anilines is 2. The quantitative estimate of drug-likeness (QED) is 0.727. The van der Waals surface area contributed by atoms with Crippen LogP contribution in [0, 0.1) is 0 Å². The van der Waals surface area contributed by atoms with Crippen LogP contribution in [-0.4, -0.2) is 32.0 Å². The Labute approximate surface area is 155 Å². The number of hydrogen-bond acceptors (Lipinski definition) is 5. The number of aromatic nitrogens is 4. The van der Waals surface area contributed by atoms with Crippen LogP contribution in [0.5, 0.6) is 0 Å². The summed E-state index contributed by atoms with van der Waals surface area (Å²) in [7, 11) is 0. The summed E-state index contributed by atoms with van der Waals surface area (Å²) >= 11 is 0. The average molecular weight is 362 g/mol. The lowest BCUT2D eigenvalue weighted by atomic mass is 10.1. The number of benzene rings is 2. The topological polar surface area (TPSA) is 102 Å². The van der Waals surface area contributed by atoms with E-state index in [-0.39, 0.29) is 11.8 Å². The molecule has 0 radical (unpaired) electrons. The number of amides is 2. The molecule has 3 aromatic rings. The van der Waals surface area contributed by atoms with E-state index in [9.17, 15) is 9.59 Å². The molecule has 2 amide bonds. The van der Waals surface area contributed by atoms with Crippen molar-refractivity contribution in [1.29, 1.82) is 0 Å². The Morgan fingerprint density at radius 3 is 2.22 bits per heavy atom. The van der Waals surface area contributed by atoms with Crippen molar-refractivity contribution in [1.82, 2.24) is 20.2 Å². The summed E-state index contributed by atoms with van der Waals surface area (Å²) in [5.41, 5.74) is 2.74. The third kappa shape index (κ3) is 3.84. The van der Waals surface area contributed by atoms with Gasteiger partial charge in [0.2, 0.25) is 5.91 Å². The van der Waals surface area contributed by atoms with Gasteiger partial charge in [0.05, 0.1) is 6.04 Å². The van der Waals surface area contributed by atoms with Gasteiger partial charge in [0.15, 0.2) is 5.82 Å². The Kier molecular flexibility index (Phi) is 4.37. The first-order chi connectivity index (χ1) is 13.1. The van der Waals surface area contributed by atoms with Gasteiger partial charge in [-0.25, -0.2) is 4.68 Å². The van der Waals surface area contributed by atoms with Crippen LogP contribution >= 0.6 is 0 Å². The highest BCUT2D eigenvalue weighted by molar-refractivity contribution is 6.04. The molecule has 2 aromatic carbocycles. The second kappa shape index (κ2) is 6.99. The summed E-state index contributed by atoms with van der Waals surface area (Å²) in [6, 6.07) is 14.5. The molecule has 1 aromatic heterocycles. The molecule has 1 aliphatic rings. The van der Waals surface area contributed by atoms with Crippen LogP contribution in [0.25, 0.3) is 11.4 Å². The zero-order valence-electron chi connectivity index (χ0n) is 14.7. The molecule has 1 heterocycles. The largest absolute Gasteiger partial charge is 0.326 e. The van der Waals surface area contributed by atoms with E-state index in [0.717, 1.165) is 24.2 Å². The Bertz CT molecular complexity index is 974. The molecule has 8 nitrogen and oxygen atoms in total. The molecule has 0 unspecified atom stereocenters. The highest BCUT2D eigenvalue weighted by atomic mass is 16.2. The zero-order chi connectivity index (χ0) is 18.8. The van der Waals surface area contributed by atoms with Crippen molar-refractivity contribution in [3.05, 3.63) is 54.1 Å². The van der Waals surface area contributed by atoms with Gasteiger partial charge in [-0.15, -0.1) is 5.10 Å². The fourth-order valence-corrected chi connectivity index (χ4v) is 2.76. The lowest BCUT2D eigenvalue weighted by molar-refractivity contribution is -0.114. The van der Waals surface area contributed by atoms with Crippen LogP contribution < -0.4 is 10.6 Å². The standard InChI is InChI=1S/C19H18N6O2/c1-12(26)20-15-8-4-14(5-9-15)19(27)21-16-6-2-13(3-7-16)18-22-23-24-25(18)17-10-11-17/h2-9,17H,10-11H2,1H3,(H,20,26)(H,21,27).